The number of amides is 10. The van der Waals surface area contributed by atoms with E-state index in [2.05, 4.69) is 83.1 Å². The smallest absolute Gasteiger partial charge is 0.221 e. The summed E-state index contributed by atoms with van der Waals surface area (Å²) < 4.78 is 0. The first-order chi connectivity index (χ1) is 50.2. The normalized spacial score (nSPS) is 10.9. The van der Waals surface area contributed by atoms with Gasteiger partial charge in [-0.1, -0.05) is 72.6 Å². The number of pyridine rings is 4. The molecule has 0 fully saturated rings. The molecule has 0 saturated carbocycles. The van der Waals surface area contributed by atoms with E-state index in [4.69, 9.17) is 5.53 Å². The Balaban J connectivity index is 1.21. The zero-order valence-corrected chi connectivity index (χ0v) is 64.3. The van der Waals surface area contributed by atoms with E-state index in [1.165, 1.54) is 86.4 Å². The van der Waals surface area contributed by atoms with Crippen molar-refractivity contribution in [2.75, 3.05) is 154 Å². The van der Waals surface area contributed by atoms with E-state index in [-0.39, 0.29) is 209 Å². The zero-order valence-electron chi connectivity index (χ0n) is 57.8. The van der Waals surface area contributed by atoms with Crippen molar-refractivity contribution in [3.05, 3.63) is 108 Å². The minimum atomic E-state index is -0.267. The lowest BCUT2D eigenvalue weighted by molar-refractivity contribution is -0.123. The molecule has 30 nitrogen and oxygen atoms in total. The summed E-state index contributed by atoms with van der Waals surface area (Å²) in [5, 5.41) is 35.5. The molecule has 10 N–H and O–H groups in total. The fourth-order valence-electron chi connectivity index (χ4n) is 8.71. The third-order valence-corrected chi connectivity index (χ3v) is 23.1. The van der Waals surface area contributed by atoms with Crippen molar-refractivity contribution >= 4 is 145 Å². The van der Waals surface area contributed by atoms with Gasteiger partial charge in [0.1, 0.15) is 20.1 Å². The first kappa shape index (κ1) is 88.7. The number of hydrogen-bond acceptors (Lipinski definition) is 26. The quantitative estimate of drug-likeness (QED) is 0.00914. The lowest BCUT2D eigenvalue weighted by Gasteiger charge is -2.24. The van der Waals surface area contributed by atoms with Crippen LogP contribution in [-0.4, -0.2) is 248 Å². The van der Waals surface area contributed by atoms with Gasteiger partial charge >= 0.3 is 0 Å². The van der Waals surface area contributed by atoms with Crippen LogP contribution in [0.15, 0.2) is 123 Å². The summed E-state index contributed by atoms with van der Waals surface area (Å²) in [6.45, 7) is 5.17. The monoisotopic (exact) mass is 1570 g/mol. The number of rotatable bonds is 60. The minimum Gasteiger partial charge on any atom is -0.355 e. The summed E-state index contributed by atoms with van der Waals surface area (Å²) in [6, 6.07) is 22.5. The highest BCUT2D eigenvalue weighted by Gasteiger charge is 2.17. The predicted molar refractivity (Wildman–Crippen MR) is 414 cm³/mol. The van der Waals surface area contributed by atoms with Gasteiger partial charge in [0.05, 0.1) is 0 Å². The summed E-state index contributed by atoms with van der Waals surface area (Å²) in [5.74, 6) is 0.248. The van der Waals surface area contributed by atoms with Crippen molar-refractivity contribution in [2.45, 2.75) is 90.7 Å². The number of aromatic nitrogens is 4. The predicted octanol–water partition coefficient (Wildman–Crippen LogP) is 5.00. The van der Waals surface area contributed by atoms with Crippen LogP contribution >= 0.6 is 86.4 Å². The second-order valence-electron chi connectivity index (χ2n) is 22.1. The maximum Gasteiger partial charge on any atom is 0.221 e. The van der Waals surface area contributed by atoms with Gasteiger partial charge in [0.25, 0.3) is 0 Å². The molecule has 0 saturated heterocycles. The second-order valence-corrected chi connectivity index (χ2v) is 31.9. The summed E-state index contributed by atoms with van der Waals surface area (Å²) in [5.41, 5.74) is 8.92. The third kappa shape index (κ3) is 49.6. The van der Waals surface area contributed by atoms with Crippen molar-refractivity contribution in [1.82, 2.24) is 87.8 Å². The molecule has 0 spiro atoms. The van der Waals surface area contributed by atoms with Gasteiger partial charge in [-0.15, -0.1) is 0 Å². The Morgan fingerprint density at radius 3 is 0.757 bits per heavy atom. The van der Waals surface area contributed by atoms with Gasteiger partial charge < -0.3 is 67.9 Å². The molecule has 4 aromatic heterocycles. The van der Waals surface area contributed by atoms with E-state index in [9.17, 15) is 47.9 Å². The molecule has 0 aliphatic carbocycles. The third-order valence-electron chi connectivity index (χ3n) is 14.1. The van der Waals surface area contributed by atoms with E-state index in [0.29, 0.717) is 74.7 Å². The Hall–Kier alpha value is -6.71. The van der Waals surface area contributed by atoms with Crippen molar-refractivity contribution in [1.29, 1.82) is 0 Å². The first-order valence-corrected chi connectivity index (χ1v) is 43.2. The number of carbonyl (C=O) groups is 10. The van der Waals surface area contributed by atoms with Crippen molar-refractivity contribution in [2.24, 2.45) is 5.11 Å². The van der Waals surface area contributed by atoms with Crippen LogP contribution in [-0.2, 0) is 47.9 Å². The highest BCUT2D eigenvalue weighted by atomic mass is 33.1. The average molecular weight is 1570 g/mol. The van der Waals surface area contributed by atoms with Gasteiger partial charge in [0.2, 0.25) is 59.1 Å². The molecule has 10 amide bonds. The standard InChI is InChI=1S/C65H96N20O10S8/c66-82-81-28-9-39-83(40-14-56(90)75-37-46-84(42-16-52(86)67-29-33-71-58(92)20-48-96-100-62-10-1-5-24-77-62)43-17-53(87)68-30-34-72-59(93)21-49-97-101-63-11-2-6-25-78-63)41-15-57(91)76-38-47-85(44-18-54(88)69-31-35-73-60(94)22-50-98-102-64-12-3-7-26-79-64)45-19-55(89)70-32-36-74-61(95)23-51-99-103-65-13-4-8-27-80-65/h1-8,10-13,24-27H,9,14-23,28-51H2,(H,67,86)(H,68,87)(H,69,88)(H,70,89)(H,71,92)(H,72,93)(H,73,94)(H,74,95)(H,75,90)(H,76,91). The van der Waals surface area contributed by atoms with Crippen molar-refractivity contribution in [3.8, 4) is 0 Å². The Morgan fingerprint density at radius 1 is 0.311 bits per heavy atom. The van der Waals surface area contributed by atoms with Crippen LogP contribution in [0.25, 0.3) is 10.4 Å². The summed E-state index contributed by atoms with van der Waals surface area (Å²) in [4.78, 5) is 154. The van der Waals surface area contributed by atoms with Gasteiger partial charge in [-0.3, -0.25) is 47.9 Å². The molecule has 4 rings (SSSR count). The zero-order chi connectivity index (χ0) is 73.8. The lowest BCUT2D eigenvalue weighted by atomic mass is 10.2. The van der Waals surface area contributed by atoms with Crippen LogP contribution < -0.4 is 53.2 Å². The minimum absolute atomic E-state index is 0.0745. The van der Waals surface area contributed by atoms with Crippen LogP contribution in [0.4, 0.5) is 0 Å². The summed E-state index contributed by atoms with van der Waals surface area (Å²) in [6.07, 6.45) is 9.03. The number of nitrogens with zero attached hydrogens (tertiary/aromatic N) is 10. The summed E-state index contributed by atoms with van der Waals surface area (Å²) in [7, 11) is 12.1. The summed E-state index contributed by atoms with van der Waals surface area (Å²) >= 11 is 0. The molecule has 0 bridgehead atoms. The van der Waals surface area contributed by atoms with Crippen LogP contribution in [0.5, 0.6) is 0 Å². The van der Waals surface area contributed by atoms with Crippen LogP contribution in [0.2, 0.25) is 0 Å². The molecule has 0 aromatic carbocycles. The van der Waals surface area contributed by atoms with Crippen molar-refractivity contribution in [3.63, 3.8) is 0 Å². The number of hydrogen-bond donors (Lipinski definition) is 10. The van der Waals surface area contributed by atoms with E-state index in [0.717, 1.165) is 20.1 Å². The Labute approximate surface area is 634 Å². The number of azide groups is 1. The van der Waals surface area contributed by atoms with Gasteiger partial charge in [0.15, 0.2) is 0 Å². The topological polar surface area (TPSA) is 401 Å². The molecule has 38 heteroatoms. The maximum atomic E-state index is 13.4. The molecular formula is C65H96N20O10S8. The average Bonchev–Trinajstić information content (AvgIpc) is 1.92. The lowest BCUT2D eigenvalue weighted by Crippen LogP contribution is -2.41. The Bertz CT molecular complexity index is 2780. The SMILES string of the molecule is [N-]=[N+]=NCCCN(CCC(=O)NCCN(CCC(=O)NCCNC(=O)CCSSc1ccccn1)CCC(=O)NCCNC(=O)CCSSc1ccccn1)CCC(=O)NCCN(CCC(=O)NCCNC(=O)CCSSc1ccccn1)CCC(=O)NCCNC(=O)CCSSc1ccccn1. The molecule has 0 aliphatic rings. The van der Waals surface area contributed by atoms with Crippen LogP contribution in [0.1, 0.15) is 70.6 Å². The highest BCUT2D eigenvalue weighted by molar-refractivity contribution is 8.77. The van der Waals surface area contributed by atoms with Crippen LogP contribution in [0, 0.1) is 0 Å². The number of nitrogens with one attached hydrogen (secondary N) is 10. The molecule has 4 heterocycles. The largest absolute Gasteiger partial charge is 0.355 e. The van der Waals surface area contributed by atoms with Gasteiger partial charge in [-0.2, -0.15) is 0 Å². The van der Waals surface area contributed by atoms with E-state index in [1.54, 1.807) is 24.8 Å². The van der Waals surface area contributed by atoms with E-state index >= 15 is 0 Å². The molecule has 103 heavy (non-hydrogen) atoms. The number of carbonyl (C=O) groups excluding carboxylic acids is 10. The van der Waals surface area contributed by atoms with Crippen LogP contribution in [0.3, 0.4) is 0 Å². The molecule has 0 aliphatic heterocycles. The van der Waals surface area contributed by atoms with Crippen molar-refractivity contribution < 1.29 is 47.9 Å². The fraction of sp³-hybridized carbons (Fsp3) is 0.538. The van der Waals surface area contributed by atoms with E-state index < -0.39 is 0 Å². The second kappa shape index (κ2) is 59.5. The first-order valence-electron chi connectivity index (χ1n) is 33.9. The van der Waals surface area contributed by atoms with Gasteiger partial charge in [-0.25, -0.2) is 19.9 Å². The molecule has 0 radical (unpaired) electrons. The van der Waals surface area contributed by atoms with E-state index in [1.807, 2.05) is 87.5 Å². The maximum absolute atomic E-state index is 13.4. The van der Waals surface area contributed by atoms with Gasteiger partial charge in [-0.05, 0) is 110 Å². The molecule has 564 valence electrons. The Kier molecular flexibility index (Phi) is 51.3. The fourth-order valence-corrected chi connectivity index (χ4v) is 16.2. The Morgan fingerprint density at radius 2 is 0.534 bits per heavy atom. The highest BCUT2D eigenvalue weighted by Crippen LogP contribution is 2.31. The van der Waals surface area contributed by atoms with Gasteiger partial charge in [0, 0.05) is 241 Å². The molecule has 4 aromatic rings. The molecule has 0 unspecified atom stereocenters. The molecule has 0 atom stereocenters. The molecular weight excluding hydrogens is 1480 g/mol.